The van der Waals surface area contributed by atoms with Crippen molar-refractivity contribution in [2.75, 3.05) is 0 Å². The van der Waals surface area contributed by atoms with E-state index in [9.17, 15) is 0 Å². The van der Waals surface area contributed by atoms with E-state index < -0.39 is 0 Å². The third kappa shape index (κ3) is 8.49. The predicted octanol–water partition coefficient (Wildman–Crippen LogP) is 7.60. The smallest absolute Gasteiger partial charge is 0.0292 e. The van der Waals surface area contributed by atoms with Crippen molar-refractivity contribution in [3.8, 4) is 0 Å². The lowest BCUT2D eigenvalue weighted by Crippen LogP contribution is -2.08. The van der Waals surface area contributed by atoms with E-state index in [-0.39, 0.29) is 0 Å². The summed E-state index contributed by atoms with van der Waals surface area (Å²) in [5.74, 6) is 0.935. The average molecular weight is 291 g/mol. The number of hydrogen-bond acceptors (Lipinski definition) is 0. The molecule has 0 aliphatic heterocycles. The van der Waals surface area contributed by atoms with Crippen LogP contribution >= 0.6 is 0 Å². The maximum absolute atomic E-state index is 3.79. The minimum atomic E-state index is 0.935. The van der Waals surface area contributed by atoms with Crippen LogP contribution in [-0.2, 0) is 0 Å². The fraction of sp³-hybridized carbons (Fsp3) is 0.810. The second kappa shape index (κ2) is 12.1. The Morgan fingerprint density at radius 1 is 0.952 bits per heavy atom. The lowest BCUT2D eigenvalue weighted by atomic mass is 9.81. The molecule has 0 saturated carbocycles. The Morgan fingerprint density at radius 3 is 2.33 bits per heavy atom. The normalized spacial score (nSPS) is 19.0. The van der Waals surface area contributed by atoms with Crippen LogP contribution in [0.15, 0.2) is 23.8 Å². The maximum atomic E-state index is 3.79. The zero-order valence-corrected chi connectivity index (χ0v) is 14.8. The quantitative estimate of drug-likeness (QED) is 0.256. The van der Waals surface area contributed by atoms with E-state index in [4.69, 9.17) is 0 Å². The molecule has 0 fully saturated rings. The summed E-state index contributed by atoms with van der Waals surface area (Å²) in [4.78, 5) is 0. The van der Waals surface area contributed by atoms with Gasteiger partial charge in [0.05, 0.1) is 0 Å². The van der Waals surface area contributed by atoms with Crippen molar-refractivity contribution in [1.82, 2.24) is 0 Å². The second-order valence-corrected chi connectivity index (χ2v) is 7.11. The standard InChI is InChI=1S/C21H38/c1-4-6-8-9-10-11-12-13-15-21-18-19(3)16-17-20(21)14-7-5-2/h4,19H,1,5-18H2,2-3H3. The summed E-state index contributed by atoms with van der Waals surface area (Å²) in [6.07, 6.45) is 21.5. The van der Waals surface area contributed by atoms with Crippen molar-refractivity contribution in [1.29, 1.82) is 0 Å². The highest BCUT2D eigenvalue weighted by Crippen LogP contribution is 2.34. The van der Waals surface area contributed by atoms with Crippen LogP contribution in [0.4, 0.5) is 0 Å². The molecule has 0 heteroatoms. The lowest BCUT2D eigenvalue weighted by Gasteiger charge is -2.25. The molecular weight excluding hydrogens is 252 g/mol. The maximum Gasteiger partial charge on any atom is -0.0292 e. The van der Waals surface area contributed by atoms with Crippen LogP contribution in [-0.4, -0.2) is 0 Å². The summed E-state index contributed by atoms with van der Waals surface area (Å²) in [6, 6.07) is 0. The van der Waals surface area contributed by atoms with Crippen LogP contribution in [0.25, 0.3) is 0 Å². The molecule has 1 aliphatic carbocycles. The minimum absolute atomic E-state index is 0.935. The van der Waals surface area contributed by atoms with E-state index in [2.05, 4.69) is 26.5 Å². The molecule has 1 atom stereocenters. The molecule has 0 spiro atoms. The summed E-state index contributed by atoms with van der Waals surface area (Å²) >= 11 is 0. The molecule has 0 aromatic heterocycles. The van der Waals surface area contributed by atoms with Crippen LogP contribution in [0.3, 0.4) is 0 Å². The van der Waals surface area contributed by atoms with Gasteiger partial charge in [0.15, 0.2) is 0 Å². The molecule has 0 saturated heterocycles. The van der Waals surface area contributed by atoms with Crippen molar-refractivity contribution in [2.45, 2.75) is 104 Å². The van der Waals surface area contributed by atoms with E-state index >= 15 is 0 Å². The highest BCUT2D eigenvalue weighted by molar-refractivity contribution is 5.18. The first-order valence-electron chi connectivity index (χ1n) is 9.58. The molecule has 0 nitrogen and oxygen atoms in total. The predicted molar refractivity (Wildman–Crippen MR) is 96.7 cm³/mol. The van der Waals surface area contributed by atoms with E-state index in [1.165, 1.54) is 89.9 Å². The SMILES string of the molecule is C=CCCCCCCCCC1=C(CCCC)CCC(C)C1. The van der Waals surface area contributed by atoms with Crippen LogP contribution in [0, 0.1) is 5.92 Å². The van der Waals surface area contributed by atoms with Gasteiger partial charge in [0.1, 0.15) is 0 Å². The van der Waals surface area contributed by atoms with Gasteiger partial charge in [0.2, 0.25) is 0 Å². The zero-order valence-electron chi connectivity index (χ0n) is 14.8. The van der Waals surface area contributed by atoms with Gasteiger partial charge in [0, 0.05) is 0 Å². The van der Waals surface area contributed by atoms with Crippen LogP contribution < -0.4 is 0 Å². The monoisotopic (exact) mass is 290 g/mol. The average Bonchev–Trinajstić information content (AvgIpc) is 2.49. The van der Waals surface area contributed by atoms with Gasteiger partial charge < -0.3 is 0 Å². The number of hydrogen-bond donors (Lipinski definition) is 0. The van der Waals surface area contributed by atoms with Gasteiger partial charge in [-0.3, -0.25) is 0 Å². The Hall–Kier alpha value is -0.520. The van der Waals surface area contributed by atoms with Crippen molar-refractivity contribution >= 4 is 0 Å². The molecule has 1 aliphatic rings. The lowest BCUT2D eigenvalue weighted by molar-refractivity contribution is 0.468. The third-order valence-corrected chi connectivity index (χ3v) is 5.00. The molecule has 21 heavy (non-hydrogen) atoms. The van der Waals surface area contributed by atoms with Crippen LogP contribution in [0.1, 0.15) is 104 Å². The van der Waals surface area contributed by atoms with Crippen molar-refractivity contribution < 1.29 is 0 Å². The van der Waals surface area contributed by atoms with Gasteiger partial charge in [-0.2, -0.15) is 0 Å². The van der Waals surface area contributed by atoms with E-state index in [0.29, 0.717) is 0 Å². The van der Waals surface area contributed by atoms with Crippen molar-refractivity contribution in [3.05, 3.63) is 23.8 Å². The molecule has 0 radical (unpaired) electrons. The van der Waals surface area contributed by atoms with Crippen molar-refractivity contribution in [2.24, 2.45) is 5.92 Å². The van der Waals surface area contributed by atoms with Crippen molar-refractivity contribution in [3.63, 3.8) is 0 Å². The van der Waals surface area contributed by atoms with Gasteiger partial charge in [0.25, 0.3) is 0 Å². The zero-order chi connectivity index (χ0) is 15.3. The third-order valence-electron chi connectivity index (χ3n) is 5.00. The molecule has 0 aromatic carbocycles. The first kappa shape index (κ1) is 18.5. The molecule has 0 aromatic rings. The molecule has 122 valence electrons. The summed E-state index contributed by atoms with van der Waals surface area (Å²) in [5.41, 5.74) is 3.70. The fourth-order valence-electron chi connectivity index (χ4n) is 3.57. The van der Waals surface area contributed by atoms with E-state index in [0.717, 1.165) is 5.92 Å². The molecule has 0 heterocycles. The highest BCUT2D eigenvalue weighted by atomic mass is 14.2. The molecule has 0 bridgehead atoms. The van der Waals surface area contributed by atoms with Gasteiger partial charge in [-0.05, 0) is 63.7 Å². The summed E-state index contributed by atoms with van der Waals surface area (Å²) < 4.78 is 0. The Morgan fingerprint density at radius 2 is 1.62 bits per heavy atom. The Balaban J connectivity index is 2.19. The number of unbranched alkanes of at least 4 members (excludes halogenated alkanes) is 7. The van der Waals surface area contributed by atoms with E-state index in [1.54, 1.807) is 0 Å². The first-order chi connectivity index (χ1) is 10.3. The fourth-order valence-corrected chi connectivity index (χ4v) is 3.57. The Labute approximate surface area is 134 Å². The topological polar surface area (TPSA) is 0 Å². The summed E-state index contributed by atoms with van der Waals surface area (Å²) in [5, 5.41) is 0. The molecule has 1 rings (SSSR count). The molecular formula is C21H38. The number of rotatable bonds is 12. The molecule has 1 unspecified atom stereocenters. The second-order valence-electron chi connectivity index (χ2n) is 7.11. The van der Waals surface area contributed by atoms with Gasteiger partial charge >= 0.3 is 0 Å². The minimum Gasteiger partial charge on any atom is -0.103 e. The largest absolute Gasteiger partial charge is 0.103 e. The van der Waals surface area contributed by atoms with Crippen LogP contribution in [0.2, 0.25) is 0 Å². The van der Waals surface area contributed by atoms with Gasteiger partial charge in [-0.25, -0.2) is 0 Å². The Bertz CT molecular complexity index is 297. The first-order valence-corrected chi connectivity index (χ1v) is 9.58. The van der Waals surface area contributed by atoms with Gasteiger partial charge in [-0.15, -0.1) is 6.58 Å². The number of allylic oxidation sites excluding steroid dienone is 3. The summed E-state index contributed by atoms with van der Waals surface area (Å²) in [6.45, 7) is 8.55. The van der Waals surface area contributed by atoms with E-state index in [1.807, 2.05) is 11.1 Å². The van der Waals surface area contributed by atoms with Gasteiger partial charge in [-0.1, -0.05) is 63.2 Å². The Kier molecular flexibility index (Phi) is 10.6. The summed E-state index contributed by atoms with van der Waals surface area (Å²) in [7, 11) is 0. The highest BCUT2D eigenvalue weighted by Gasteiger charge is 2.17. The van der Waals surface area contributed by atoms with Crippen LogP contribution in [0.5, 0.6) is 0 Å². The molecule has 0 amide bonds. The molecule has 0 N–H and O–H groups in total.